The number of anilines is 1. The van der Waals surface area contributed by atoms with E-state index in [9.17, 15) is 14.0 Å². The quantitative estimate of drug-likeness (QED) is 0.864. The van der Waals surface area contributed by atoms with Crippen molar-refractivity contribution in [2.45, 2.75) is 12.8 Å². The van der Waals surface area contributed by atoms with Crippen molar-refractivity contribution in [3.8, 4) is 0 Å². The Balaban J connectivity index is 1.70. The molecule has 1 saturated heterocycles. The number of carbonyl (C=O) groups excluding carboxylic acids is 2. The maximum Gasteiger partial charge on any atom is 0.255 e. The third kappa shape index (κ3) is 4.32. The molecule has 1 N–H and O–H groups in total. The summed E-state index contributed by atoms with van der Waals surface area (Å²) in [4.78, 5) is 26.5. The van der Waals surface area contributed by atoms with E-state index in [0.717, 1.165) is 31.5 Å². The summed E-state index contributed by atoms with van der Waals surface area (Å²) >= 11 is 0. The lowest BCUT2D eigenvalue weighted by Gasteiger charge is -2.17. The summed E-state index contributed by atoms with van der Waals surface area (Å²) in [5.41, 5.74) is 1.71. The fourth-order valence-corrected chi connectivity index (χ4v) is 2.79. The molecule has 0 saturated carbocycles. The molecule has 1 fully saturated rings. The number of amides is 2. The van der Waals surface area contributed by atoms with Crippen LogP contribution in [-0.2, 0) is 4.79 Å². The average Bonchev–Trinajstić information content (AvgIpc) is 3.16. The van der Waals surface area contributed by atoms with Gasteiger partial charge in [0.2, 0.25) is 5.91 Å². The van der Waals surface area contributed by atoms with E-state index in [1.807, 2.05) is 0 Å². The Morgan fingerprint density at radius 2 is 1.68 bits per heavy atom. The maximum atomic E-state index is 12.9. The minimum Gasteiger partial charge on any atom is -0.339 e. The molecule has 25 heavy (non-hydrogen) atoms. The molecule has 128 valence electrons. The molecular formula is C20H19FN2O2. The van der Waals surface area contributed by atoms with Gasteiger partial charge in [0.05, 0.1) is 11.3 Å². The van der Waals surface area contributed by atoms with Crippen LogP contribution in [0.25, 0.3) is 6.08 Å². The van der Waals surface area contributed by atoms with Gasteiger partial charge in [-0.1, -0.05) is 24.3 Å². The first-order valence-corrected chi connectivity index (χ1v) is 8.26. The smallest absolute Gasteiger partial charge is 0.255 e. The Bertz CT molecular complexity index is 794. The standard InChI is InChI=1S/C20H19FN2O2/c21-16-10-7-15(8-11-16)9-12-19(24)22-18-6-2-1-5-17(18)20(25)23-13-3-4-14-23/h1-2,5-12H,3-4,13-14H2,(H,22,24). The number of nitrogens with one attached hydrogen (secondary N) is 1. The third-order valence-electron chi connectivity index (χ3n) is 4.11. The number of carbonyl (C=O) groups is 2. The van der Waals surface area contributed by atoms with Crippen LogP contribution in [0.4, 0.5) is 10.1 Å². The monoisotopic (exact) mass is 338 g/mol. The molecule has 5 heteroatoms. The molecule has 1 aliphatic heterocycles. The lowest BCUT2D eigenvalue weighted by Crippen LogP contribution is -2.28. The summed E-state index contributed by atoms with van der Waals surface area (Å²) in [6.07, 6.45) is 4.99. The number of benzene rings is 2. The topological polar surface area (TPSA) is 49.4 Å². The lowest BCUT2D eigenvalue weighted by atomic mass is 10.1. The van der Waals surface area contributed by atoms with E-state index < -0.39 is 0 Å². The van der Waals surface area contributed by atoms with Crippen LogP contribution in [-0.4, -0.2) is 29.8 Å². The van der Waals surface area contributed by atoms with E-state index in [0.29, 0.717) is 11.3 Å². The molecule has 2 aromatic rings. The van der Waals surface area contributed by atoms with Crippen LogP contribution in [0, 0.1) is 5.82 Å². The summed E-state index contributed by atoms with van der Waals surface area (Å²) in [5.74, 6) is -0.724. The molecule has 2 amide bonds. The largest absolute Gasteiger partial charge is 0.339 e. The van der Waals surface area contributed by atoms with Gasteiger partial charge in [0.25, 0.3) is 5.91 Å². The van der Waals surface area contributed by atoms with Crippen LogP contribution in [0.5, 0.6) is 0 Å². The van der Waals surface area contributed by atoms with Crippen molar-refractivity contribution in [2.24, 2.45) is 0 Å². The molecule has 2 aromatic carbocycles. The molecule has 0 unspecified atom stereocenters. The number of hydrogen-bond donors (Lipinski definition) is 1. The fourth-order valence-electron chi connectivity index (χ4n) is 2.79. The van der Waals surface area contributed by atoms with E-state index in [1.54, 1.807) is 47.4 Å². The van der Waals surface area contributed by atoms with Gasteiger partial charge in [-0.05, 0) is 48.7 Å². The van der Waals surface area contributed by atoms with Crippen molar-refractivity contribution in [3.05, 3.63) is 71.6 Å². The van der Waals surface area contributed by atoms with Gasteiger partial charge in [0.1, 0.15) is 5.82 Å². The van der Waals surface area contributed by atoms with E-state index in [1.165, 1.54) is 18.2 Å². The molecular weight excluding hydrogens is 319 g/mol. The van der Waals surface area contributed by atoms with Crippen LogP contribution >= 0.6 is 0 Å². The minimum atomic E-state index is -0.342. The first-order chi connectivity index (χ1) is 12.1. The van der Waals surface area contributed by atoms with Gasteiger partial charge < -0.3 is 10.2 Å². The van der Waals surface area contributed by atoms with Gasteiger partial charge in [0, 0.05) is 19.2 Å². The van der Waals surface area contributed by atoms with Gasteiger partial charge in [-0.3, -0.25) is 9.59 Å². The Hall–Kier alpha value is -2.95. The van der Waals surface area contributed by atoms with Crippen molar-refractivity contribution in [3.63, 3.8) is 0 Å². The second-order valence-electron chi connectivity index (χ2n) is 5.92. The van der Waals surface area contributed by atoms with E-state index in [-0.39, 0.29) is 17.6 Å². The van der Waals surface area contributed by atoms with Gasteiger partial charge >= 0.3 is 0 Å². The number of nitrogens with zero attached hydrogens (tertiary/aromatic N) is 1. The van der Waals surface area contributed by atoms with Crippen LogP contribution in [0.2, 0.25) is 0 Å². The van der Waals surface area contributed by atoms with Crippen LogP contribution in [0.3, 0.4) is 0 Å². The van der Waals surface area contributed by atoms with Crippen LogP contribution < -0.4 is 5.32 Å². The van der Waals surface area contributed by atoms with Gasteiger partial charge in [0.15, 0.2) is 0 Å². The molecule has 0 spiro atoms. The number of rotatable bonds is 4. The molecule has 0 aromatic heterocycles. The van der Waals surface area contributed by atoms with Crippen molar-refractivity contribution in [2.75, 3.05) is 18.4 Å². The SMILES string of the molecule is O=C(C=Cc1ccc(F)cc1)Nc1ccccc1C(=O)N1CCCC1. The van der Waals surface area contributed by atoms with Crippen LogP contribution in [0.1, 0.15) is 28.8 Å². The van der Waals surface area contributed by atoms with Crippen LogP contribution in [0.15, 0.2) is 54.6 Å². The zero-order valence-corrected chi connectivity index (χ0v) is 13.7. The highest BCUT2D eigenvalue weighted by Gasteiger charge is 2.21. The lowest BCUT2D eigenvalue weighted by molar-refractivity contribution is -0.111. The normalized spacial score (nSPS) is 14.0. The van der Waals surface area contributed by atoms with Gasteiger partial charge in [-0.2, -0.15) is 0 Å². The highest BCUT2D eigenvalue weighted by atomic mass is 19.1. The Morgan fingerprint density at radius 3 is 2.40 bits per heavy atom. The summed E-state index contributed by atoms with van der Waals surface area (Å²) < 4.78 is 12.9. The summed E-state index contributed by atoms with van der Waals surface area (Å²) in [7, 11) is 0. The number of halogens is 1. The summed E-state index contributed by atoms with van der Waals surface area (Å²) in [6, 6.07) is 12.8. The third-order valence-corrected chi connectivity index (χ3v) is 4.11. The molecule has 0 bridgehead atoms. The van der Waals surface area contributed by atoms with E-state index >= 15 is 0 Å². The van der Waals surface area contributed by atoms with Crippen molar-refractivity contribution < 1.29 is 14.0 Å². The number of likely N-dealkylation sites (tertiary alicyclic amines) is 1. The first kappa shape index (κ1) is 16.9. The number of hydrogen-bond acceptors (Lipinski definition) is 2. The second-order valence-corrected chi connectivity index (χ2v) is 5.92. The zero-order valence-electron chi connectivity index (χ0n) is 13.7. The van der Waals surface area contributed by atoms with Crippen molar-refractivity contribution in [1.29, 1.82) is 0 Å². The van der Waals surface area contributed by atoms with E-state index in [2.05, 4.69) is 5.32 Å². The number of para-hydroxylation sites is 1. The average molecular weight is 338 g/mol. The van der Waals surface area contributed by atoms with Crippen molar-refractivity contribution in [1.82, 2.24) is 4.90 Å². The summed E-state index contributed by atoms with van der Waals surface area (Å²) in [5, 5.41) is 2.75. The molecule has 0 radical (unpaired) electrons. The van der Waals surface area contributed by atoms with Crippen molar-refractivity contribution >= 4 is 23.6 Å². The van der Waals surface area contributed by atoms with E-state index in [4.69, 9.17) is 0 Å². The molecule has 3 rings (SSSR count). The molecule has 0 aliphatic carbocycles. The highest BCUT2D eigenvalue weighted by molar-refractivity contribution is 6.07. The molecule has 0 atom stereocenters. The Labute approximate surface area is 146 Å². The fraction of sp³-hybridized carbons (Fsp3) is 0.200. The summed E-state index contributed by atoms with van der Waals surface area (Å²) in [6.45, 7) is 1.51. The molecule has 1 aliphatic rings. The second kappa shape index (κ2) is 7.75. The Morgan fingerprint density at radius 1 is 1.00 bits per heavy atom. The zero-order chi connectivity index (χ0) is 17.6. The minimum absolute atomic E-state index is 0.0593. The molecule has 1 heterocycles. The Kier molecular flexibility index (Phi) is 5.23. The predicted octanol–water partition coefficient (Wildman–Crippen LogP) is 3.71. The highest BCUT2D eigenvalue weighted by Crippen LogP contribution is 2.20. The van der Waals surface area contributed by atoms with Gasteiger partial charge in [-0.15, -0.1) is 0 Å². The predicted molar refractivity (Wildman–Crippen MR) is 95.6 cm³/mol. The first-order valence-electron chi connectivity index (χ1n) is 8.26. The van der Waals surface area contributed by atoms with Gasteiger partial charge in [-0.25, -0.2) is 4.39 Å². The molecule has 4 nitrogen and oxygen atoms in total. The maximum absolute atomic E-state index is 12.9.